The van der Waals surface area contributed by atoms with Crippen LogP contribution in [0.3, 0.4) is 0 Å². The maximum atomic E-state index is 5.89. The number of hydrogen-bond donors (Lipinski definition) is 0. The van der Waals surface area contributed by atoms with Crippen LogP contribution in [0.2, 0.25) is 0 Å². The first kappa shape index (κ1) is 10.4. The van der Waals surface area contributed by atoms with Crippen molar-refractivity contribution in [2.24, 2.45) is 0 Å². The first-order valence-corrected chi connectivity index (χ1v) is 5.12. The number of ether oxygens (including phenoxy) is 3. The van der Waals surface area contributed by atoms with Gasteiger partial charge in [0, 0.05) is 0 Å². The summed E-state index contributed by atoms with van der Waals surface area (Å²) in [5, 5.41) is 0. The molecular weight excluding hydrogens is 182 g/mol. The second kappa shape index (κ2) is 3.17. The fourth-order valence-electron chi connectivity index (χ4n) is 2.08. The number of nitrogens with zero attached hydrogens (tertiary/aromatic N) is 1. The van der Waals surface area contributed by atoms with Crippen molar-refractivity contribution in [2.75, 3.05) is 40.9 Å². The Bertz CT molecular complexity index is 224. The zero-order chi connectivity index (χ0) is 10.4. The van der Waals surface area contributed by atoms with Crippen LogP contribution in [0.5, 0.6) is 0 Å². The molecule has 2 rings (SSSR count). The van der Waals surface area contributed by atoms with Gasteiger partial charge in [-0.25, -0.2) is 0 Å². The maximum Gasteiger partial charge on any atom is 0.190 e. The Morgan fingerprint density at radius 1 is 1.29 bits per heavy atom. The Morgan fingerprint density at radius 3 is 2.57 bits per heavy atom. The van der Waals surface area contributed by atoms with Gasteiger partial charge in [-0.1, -0.05) is 0 Å². The number of hydrogen-bond acceptors (Lipinski definition) is 3. The molecule has 2 aliphatic rings. The van der Waals surface area contributed by atoms with Crippen molar-refractivity contribution in [3.05, 3.63) is 0 Å². The van der Waals surface area contributed by atoms with Gasteiger partial charge in [-0.3, -0.25) is 0 Å². The highest BCUT2D eigenvalue weighted by molar-refractivity contribution is 4.86. The van der Waals surface area contributed by atoms with E-state index in [9.17, 15) is 0 Å². The van der Waals surface area contributed by atoms with Crippen molar-refractivity contribution in [1.82, 2.24) is 0 Å². The first-order valence-electron chi connectivity index (χ1n) is 5.12. The molecule has 4 nitrogen and oxygen atoms in total. The van der Waals surface area contributed by atoms with E-state index in [2.05, 4.69) is 21.1 Å². The van der Waals surface area contributed by atoms with Gasteiger partial charge in [0.2, 0.25) is 0 Å². The van der Waals surface area contributed by atoms with Crippen LogP contribution in [0.15, 0.2) is 0 Å². The SMILES string of the molecule is C[C@@]12COC[C@@H](O1)[C@@H](C[N+](C)(C)C)O2. The lowest BCUT2D eigenvalue weighted by Crippen LogP contribution is -2.45. The van der Waals surface area contributed by atoms with Gasteiger partial charge in [0.1, 0.15) is 25.4 Å². The predicted octanol–water partition coefficient (Wildman–Crippen LogP) is 0.223. The maximum absolute atomic E-state index is 5.89. The van der Waals surface area contributed by atoms with Crippen molar-refractivity contribution in [2.45, 2.75) is 24.9 Å². The molecule has 0 aromatic rings. The molecule has 0 N–H and O–H groups in total. The summed E-state index contributed by atoms with van der Waals surface area (Å²) < 4.78 is 18.0. The molecule has 0 radical (unpaired) electrons. The van der Waals surface area contributed by atoms with Crippen molar-refractivity contribution in [1.29, 1.82) is 0 Å². The van der Waals surface area contributed by atoms with Crippen LogP contribution < -0.4 is 0 Å². The smallest absolute Gasteiger partial charge is 0.190 e. The average Bonchev–Trinajstić information content (AvgIpc) is 2.18. The summed E-state index contributed by atoms with van der Waals surface area (Å²) in [5.74, 6) is -0.497. The summed E-state index contributed by atoms with van der Waals surface area (Å²) in [6.07, 6.45) is 0.286. The van der Waals surface area contributed by atoms with E-state index in [1.165, 1.54) is 0 Å². The third-order valence-electron chi connectivity index (χ3n) is 2.59. The lowest BCUT2D eigenvalue weighted by atomic mass is 10.2. The zero-order valence-corrected chi connectivity index (χ0v) is 9.45. The van der Waals surface area contributed by atoms with E-state index in [0.717, 1.165) is 11.0 Å². The Morgan fingerprint density at radius 2 is 2.00 bits per heavy atom. The second-order valence-electron chi connectivity index (χ2n) is 5.43. The molecule has 0 spiro atoms. The second-order valence-corrected chi connectivity index (χ2v) is 5.43. The molecule has 0 amide bonds. The van der Waals surface area contributed by atoms with Gasteiger partial charge in [-0.15, -0.1) is 0 Å². The van der Waals surface area contributed by atoms with Gasteiger partial charge >= 0.3 is 0 Å². The summed E-state index contributed by atoms with van der Waals surface area (Å²) in [6, 6.07) is 0. The molecule has 3 atom stereocenters. The van der Waals surface area contributed by atoms with Crippen LogP contribution in [0.4, 0.5) is 0 Å². The molecule has 0 saturated carbocycles. The van der Waals surface area contributed by atoms with E-state index < -0.39 is 5.79 Å². The van der Waals surface area contributed by atoms with Gasteiger partial charge in [0.05, 0.1) is 27.7 Å². The van der Waals surface area contributed by atoms with E-state index >= 15 is 0 Å². The largest absolute Gasteiger partial charge is 0.373 e. The number of likely N-dealkylation sites (N-methyl/N-ethyl adjacent to an activating group) is 1. The fourth-order valence-corrected chi connectivity index (χ4v) is 2.08. The predicted molar refractivity (Wildman–Crippen MR) is 51.9 cm³/mol. The zero-order valence-electron chi connectivity index (χ0n) is 9.45. The molecule has 82 valence electrons. The Labute approximate surface area is 85.3 Å². The summed E-state index contributed by atoms with van der Waals surface area (Å²) in [4.78, 5) is 0. The molecule has 2 saturated heterocycles. The van der Waals surface area contributed by atoms with Gasteiger partial charge in [-0.05, 0) is 6.92 Å². The van der Waals surface area contributed by atoms with E-state index in [0.29, 0.717) is 13.2 Å². The van der Waals surface area contributed by atoms with Crippen molar-refractivity contribution in [3.8, 4) is 0 Å². The van der Waals surface area contributed by atoms with E-state index in [1.54, 1.807) is 0 Å². The van der Waals surface area contributed by atoms with E-state index in [-0.39, 0.29) is 12.2 Å². The minimum Gasteiger partial charge on any atom is -0.373 e. The quantitative estimate of drug-likeness (QED) is 0.600. The normalized spacial score (nSPS) is 42.9. The molecule has 0 aromatic heterocycles. The molecule has 14 heavy (non-hydrogen) atoms. The highest BCUT2D eigenvalue weighted by Crippen LogP contribution is 2.33. The fraction of sp³-hybridized carbons (Fsp3) is 1.00. The van der Waals surface area contributed by atoms with E-state index in [1.807, 2.05) is 6.92 Å². The molecule has 2 fully saturated rings. The lowest BCUT2D eigenvalue weighted by Gasteiger charge is -2.28. The molecule has 0 aromatic carbocycles. The minimum absolute atomic E-state index is 0.117. The van der Waals surface area contributed by atoms with Gasteiger partial charge in [0.25, 0.3) is 0 Å². The van der Waals surface area contributed by atoms with Crippen molar-refractivity contribution < 1.29 is 18.7 Å². The molecular formula is C10H20NO3+. The number of rotatable bonds is 2. The summed E-state index contributed by atoms with van der Waals surface area (Å²) in [7, 11) is 6.48. The molecule has 2 bridgehead atoms. The van der Waals surface area contributed by atoms with Crippen LogP contribution in [-0.2, 0) is 14.2 Å². The van der Waals surface area contributed by atoms with Crippen LogP contribution in [0.1, 0.15) is 6.92 Å². The molecule has 2 aliphatic heterocycles. The Hall–Kier alpha value is -0.160. The van der Waals surface area contributed by atoms with E-state index in [4.69, 9.17) is 14.2 Å². The topological polar surface area (TPSA) is 27.7 Å². The monoisotopic (exact) mass is 202 g/mol. The highest BCUT2D eigenvalue weighted by atomic mass is 16.8. The average molecular weight is 202 g/mol. The van der Waals surface area contributed by atoms with Crippen LogP contribution in [-0.4, -0.2) is 63.4 Å². The third kappa shape index (κ3) is 2.08. The molecule has 4 heteroatoms. The van der Waals surface area contributed by atoms with Gasteiger partial charge < -0.3 is 18.7 Å². The molecule has 0 aliphatic carbocycles. The number of fused-ring (bicyclic) bond motifs is 2. The van der Waals surface area contributed by atoms with Gasteiger partial charge in [-0.2, -0.15) is 0 Å². The van der Waals surface area contributed by atoms with Crippen molar-refractivity contribution >= 4 is 0 Å². The highest BCUT2D eigenvalue weighted by Gasteiger charge is 2.49. The molecule has 2 heterocycles. The van der Waals surface area contributed by atoms with Crippen LogP contribution in [0.25, 0.3) is 0 Å². The standard InChI is InChI=1S/C10H20NO3/c1-10-7-12-6-9(14-10)8(13-10)5-11(2,3)4/h8-9H,5-7H2,1-4H3/q+1/t8-,9-,10+/m1/s1. The Balaban J connectivity index is 2.02. The number of quaternary nitrogens is 1. The lowest BCUT2D eigenvalue weighted by molar-refractivity contribution is -0.873. The van der Waals surface area contributed by atoms with Crippen LogP contribution in [0, 0.1) is 0 Å². The summed E-state index contributed by atoms with van der Waals surface area (Å²) in [5.41, 5.74) is 0. The molecule has 0 unspecified atom stereocenters. The van der Waals surface area contributed by atoms with Crippen molar-refractivity contribution in [3.63, 3.8) is 0 Å². The first-order chi connectivity index (χ1) is 6.38. The third-order valence-corrected chi connectivity index (χ3v) is 2.59. The summed E-state index contributed by atoms with van der Waals surface area (Å²) in [6.45, 7) is 4.13. The van der Waals surface area contributed by atoms with Gasteiger partial charge in [0.15, 0.2) is 5.79 Å². The Kier molecular flexibility index (Phi) is 2.34. The summed E-state index contributed by atoms with van der Waals surface area (Å²) >= 11 is 0. The van der Waals surface area contributed by atoms with Crippen LogP contribution >= 0.6 is 0 Å². The minimum atomic E-state index is -0.497.